The zero-order valence-corrected chi connectivity index (χ0v) is 46.9. The number of carbonyl (C=O) groups is 3. The number of rotatable bonds is 19. The van der Waals surface area contributed by atoms with Crippen molar-refractivity contribution in [2.45, 2.75) is 69.5 Å². The maximum atomic E-state index is 12.4. The fourth-order valence-electron chi connectivity index (χ4n) is 8.67. The summed E-state index contributed by atoms with van der Waals surface area (Å²) >= 11 is 0. The number of allylic oxidation sites excluding steroid dienone is 3. The highest BCUT2D eigenvalue weighted by molar-refractivity contribution is 6.11. The average molecular weight is 1210 g/mol. The van der Waals surface area contributed by atoms with Crippen LogP contribution < -0.4 is 14.9 Å². The summed E-state index contributed by atoms with van der Waals surface area (Å²) in [5, 5.41) is 136. The number of aromatic hydroxyl groups is 9. The van der Waals surface area contributed by atoms with E-state index in [1.54, 1.807) is 55.5 Å². The lowest BCUT2D eigenvalue weighted by molar-refractivity contribution is -0.328. The summed E-state index contributed by atoms with van der Waals surface area (Å²) in [5.41, 5.74) is 1.53. The molecule has 0 radical (unpaired) electrons. The minimum absolute atomic E-state index is 0.00662. The van der Waals surface area contributed by atoms with Gasteiger partial charge in [-0.2, -0.15) is 0 Å². The normalized spacial score (nSPS) is 19.9. The number of phenolic OH excluding ortho intramolecular Hbond substituents is 8. The van der Waals surface area contributed by atoms with E-state index >= 15 is 0 Å². The summed E-state index contributed by atoms with van der Waals surface area (Å²) in [4.78, 5) is 48.4. The maximum absolute atomic E-state index is 12.4. The minimum atomic E-state index is -1.67. The van der Waals surface area contributed by atoms with Crippen LogP contribution in [0.25, 0.3) is 34.4 Å². The Labute approximate surface area is 494 Å². The predicted octanol–water partition coefficient (Wildman–Crippen LogP) is 4.52. The highest BCUT2D eigenvalue weighted by Crippen LogP contribution is 2.40. The van der Waals surface area contributed by atoms with Crippen LogP contribution in [0.3, 0.4) is 0 Å². The van der Waals surface area contributed by atoms with E-state index in [0.29, 0.717) is 40.2 Å². The Bertz CT molecular complexity index is 3530. The van der Waals surface area contributed by atoms with Gasteiger partial charge in [-0.1, -0.05) is 36.4 Å². The van der Waals surface area contributed by atoms with Gasteiger partial charge in [0.05, 0.1) is 52.8 Å². The van der Waals surface area contributed by atoms with Crippen LogP contribution in [-0.2, 0) is 44.5 Å². The molecule has 26 heteroatoms. The van der Waals surface area contributed by atoms with Crippen LogP contribution in [-0.4, -0.2) is 167 Å². The molecular weight excluding hydrogens is 1150 g/mol. The number of ketones is 2. The molecule has 0 aliphatic carbocycles. The number of aliphatic hydroxyl groups excluding tert-OH is 5. The van der Waals surface area contributed by atoms with Crippen molar-refractivity contribution in [3.63, 3.8) is 0 Å². The lowest BCUT2D eigenvalue weighted by Gasteiger charge is -2.42. The molecule has 1 aromatic heterocycles. The molecule has 0 saturated carbocycles. The topological polar surface area (TPSA) is 429 Å². The van der Waals surface area contributed by atoms with E-state index < -0.39 is 84.5 Å². The first-order chi connectivity index (χ1) is 41.4. The molecule has 26 nitrogen and oxygen atoms in total. The second-order valence-electron chi connectivity index (χ2n) is 19.1. The van der Waals surface area contributed by atoms with Crippen molar-refractivity contribution < 1.29 is 123 Å². The Balaban J connectivity index is 0.000000217. The molecule has 1 saturated heterocycles. The number of aliphatic hydroxyl groups is 5. The standard InChI is InChI=1S/C25H34O13.C21H20O6.C15H10O7/c1-3-13-14(9-19(29)35-7-6-12-4-5-16(27)17(28)8-12)15(23(33)34-2)11-36-24(13)38-25-22(32)21(31)20(30)18(10-26)37-25;1-26-20-11-14(5-9-18(20)24)3-7-16(22)13-17(23)8-4-15-6-10-19(25)21(12-15)27-2;16-7-4-10(19)12-11(5-7)22-15(14(21)13(12)20)6-1-2-8(17)9(18)3-6/h3-5,8,11,14,18-22,24-32H,6-7,9-10H2,1-2H3;3-12,24-25H,13H2,1-2H3;1-5,16-19,21H/b13-3+;7-3+,8-4+;/t14-,18+,19?,20+,21-,22+,24-,25-;;/m0../s1. The molecule has 1 fully saturated rings. The number of benzene rings is 5. The number of hydrogen-bond donors (Lipinski definition) is 14. The minimum Gasteiger partial charge on any atom is -0.508 e. The number of esters is 1. The van der Waals surface area contributed by atoms with Gasteiger partial charge in [0.15, 0.2) is 75.9 Å². The highest BCUT2D eigenvalue weighted by Gasteiger charge is 2.47. The quantitative estimate of drug-likeness (QED) is 0.0132. The Kier molecular flexibility index (Phi) is 23.3. The number of phenols is 8. The third-order valence-corrected chi connectivity index (χ3v) is 13.3. The summed E-state index contributed by atoms with van der Waals surface area (Å²) in [6, 6.07) is 19.3. The van der Waals surface area contributed by atoms with Gasteiger partial charge in [0, 0.05) is 35.6 Å². The Morgan fingerprint density at radius 2 is 1.26 bits per heavy atom. The fourth-order valence-corrected chi connectivity index (χ4v) is 8.67. The average Bonchev–Trinajstić information content (AvgIpc) is 1.06. The summed E-state index contributed by atoms with van der Waals surface area (Å²) in [6.45, 7) is 1.05. The van der Waals surface area contributed by atoms with E-state index in [9.17, 15) is 90.7 Å². The van der Waals surface area contributed by atoms with E-state index in [1.165, 1.54) is 63.8 Å². The van der Waals surface area contributed by atoms with Crippen molar-refractivity contribution in [1.29, 1.82) is 0 Å². The van der Waals surface area contributed by atoms with Gasteiger partial charge in [-0.3, -0.25) is 14.4 Å². The van der Waals surface area contributed by atoms with Gasteiger partial charge in [0.1, 0.15) is 46.9 Å². The lowest BCUT2D eigenvalue weighted by Crippen LogP contribution is -2.60. The first-order valence-electron chi connectivity index (χ1n) is 26.2. The van der Waals surface area contributed by atoms with E-state index in [0.717, 1.165) is 30.5 Å². The summed E-state index contributed by atoms with van der Waals surface area (Å²) in [7, 11) is 4.05. The number of ether oxygens (including phenoxy) is 7. The molecule has 0 amide bonds. The molecule has 1 unspecified atom stereocenters. The highest BCUT2D eigenvalue weighted by atomic mass is 16.8. The molecule has 87 heavy (non-hydrogen) atoms. The smallest absolute Gasteiger partial charge is 0.337 e. The second-order valence-corrected chi connectivity index (χ2v) is 19.1. The first kappa shape index (κ1) is 66.5. The van der Waals surface area contributed by atoms with Gasteiger partial charge >= 0.3 is 5.97 Å². The summed E-state index contributed by atoms with van der Waals surface area (Å²) in [6.07, 6.45) is -1.84. The fraction of sp³-hybridized carbons (Fsp3) is 0.279. The molecule has 8 rings (SSSR count). The molecule has 0 bridgehead atoms. The molecule has 3 heterocycles. The maximum Gasteiger partial charge on any atom is 0.337 e. The van der Waals surface area contributed by atoms with Crippen LogP contribution in [0.15, 0.2) is 130 Å². The predicted molar refractivity (Wildman–Crippen MR) is 305 cm³/mol. The molecule has 2 aliphatic rings. The van der Waals surface area contributed by atoms with E-state index in [2.05, 4.69) is 0 Å². The zero-order chi connectivity index (χ0) is 63.8. The Morgan fingerprint density at radius 1 is 0.678 bits per heavy atom. The zero-order valence-electron chi connectivity index (χ0n) is 46.9. The van der Waals surface area contributed by atoms with Crippen molar-refractivity contribution in [3.05, 3.63) is 147 Å². The number of carbonyl (C=O) groups excluding carboxylic acids is 3. The van der Waals surface area contributed by atoms with Crippen molar-refractivity contribution in [1.82, 2.24) is 0 Å². The molecule has 6 aromatic rings. The van der Waals surface area contributed by atoms with Crippen molar-refractivity contribution in [2.75, 3.05) is 34.5 Å². The van der Waals surface area contributed by atoms with Gasteiger partial charge in [0.2, 0.25) is 17.5 Å². The van der Waals surface area contributed by atoms with E-state index in [-0.39, 0.29) is 93.4 Å². The first-order valence-corrected chi connectivity index (χ1v) is 26.2. The molecule has 14 N–H and O–H groups in total. The van der Waals surface area contributed by atoms with Gasteiger partial charge < -0.3 is 109 Å². The Hall–Kier alpha value is -9.64. The van der Waals surface area contributed by atoms with Crippen molar-refractivity contribution in [2.24, 2.45) is 5.92 Å². The molecule has 464 valence electrons. The van der Waals surface area contributed by atoms with E-state index in [1.807, 2.05) is 0 Å². The Morgan fingerprint density at radius 3 is 1.82 bits per heavy atom. The van der Waals surface area contributed by atoms with Gasteiger partial charge in [-0.25, -0.2) is 4.79 Å². The molecule has 0 spiro atoms. The van der Waals surface area contributed by atoms with Gasteiger partial charge in [-0.15, -0.1) is 0 Å². The van der Waals surface area contributed by atoms with Gasteiger partial charge in [-0.05, 0) is 96.8 Å². The van der Waals surface area contributed by atoms with Crippen LogP contribution in [0.5, 0.6) is 63.2 Å². The third kappa shape index (κ3) is 17.1. The van der Waals surface area contributed by atoms with Crippen molar-refractivity contribution in [3.8, 4) is 74.6 Å². The third-order valence-electron chi connectivity index (χ3n) is 13.3. The monoisotopic (exact) mass is 1210 g/mol. The molecule has 2 aliphatic heterocycles. The van der Waals surface area contributed by atoms with Crippen LogP contribution in [0.1, 0.15) is 36.5 Å². The van der Waals surface area contributed by atoms with Crippen LogP contribution in [0.4, 0.5) is 0 Å². The van der Waals surface area contributed by atoms with Crippen LogP contribution in [0, 0.1) is 5.92 Å². The van der Waals surface area contributed by atoms with Gasteiger partial charge in [0.25, 0.3) is 0 Å². The molecule has 5 aromatic carbocycles. The van der Waals surface area contributed by atoms with Crippen LogP contribution in [0.2, 0.25) is 0 Å². The summed E-state index contributed by atoms with van der Waals surface area (Å²) < 4.78 is 42.4. The number of hydrogen-bond acceptors (Lipinski definition) is 26. The number of fused-ring (bicyclic) bond motifs is 1. The SMILES string of the molecule is C/C=C1/[C@H](O[C@@H]2O[C@H](CO)[C@@H](O)[C@H](O)[C@H]2O)OC=C(C(=O)OC)[C@H]1CC(O)OCCc1ccc(O)c(O)c1.COc1cc(/C=C/C(=O)CC(=O)/C=C/c2ccc(O)c(OC)c2)ccc1O.O=c1c(O)c(-c2ccc(O)c(O)c2)oc2cc(O)cc(O)c12. The second kappa shape index (κ2) is 30.4. The number of methoxy groups -OCH3 is 3. The summed E-state index contributed by atoms with van der Waals surface area (Å²) in [5.74, 6) is -4.85. The van der Waals surface area contributed by atoms with Crippen LogP contribution >= 0.6 is 0 Å². The van der Waals surface area contributed by atoms with Crippen molar-refractivity contribution >= 4 is 40.7 Å². The lowest BCUT2D eigenvalue weighted by atomic mass is 9.86. The van der Waals surface area contributed by atoms with E-state index in [4.69, 9.17) is 37.6 Å². The largest absolute Gasteiger partial charge is 0.508 e. The molecule has 8 atom stereocenters. The molecular formula is C61H64O26.